The van der Waals surface area contributed by atoms with Gasteiger partial charge in [-0.25, -0.2) is 4.39 Å². The summed E-state index contributed by atoms with van der Waals surface area (Å²) in [5, 5.41) is 0. The molecule has 1 aliphatic heterocycles. The lowest BCUT2D eigenvalue weighted by Crippen LogP contribution is -2.55. The molecular weight excluding hydrogens is 752 g/mol. The molecule has 3 aromatic carbocycles. The van der Waals surface area contributed by atoms with Gasteiger partial charge in [-0.15, -0.1) is 0 Å². The summed E-state index contributed by atoms with van der Waals surface area (Å²) in [6, 6.07) is 24.4. The number of rotatable bonds is 20. The van der Waals surface area contributed by atoms with Crippen LogP contribution in [0.3, 0.4) is 0 Å². The standard InChI is InChI=1S/C48H54FNO7P/c1-8-40(21-16-34(3)49)45(57-36(5)52)27-26-43-46(50(47(43)53)42-24-19-37(20-25-42)15-12-28-55-32-58(6)7)41-22-17-38(18-23-41)29-33(2)30-44(35(4)51)48(54)56-31-39-13-10-9-11-14-39/h9-11,13-14,16-25,29,40,43-46H,3,6,8,26-28,30-32H2,1-2,4-5,7H3/q+1. The number of Topliss-reactive ketones (excluding diaryl/α,β-unsaturated/α-hetero) is 1. The van der Waals surface area contributed by atoms with Crippen molar-refractivity contribution in [1.29, 1.82) is 0 Å². The van der Waals surface area contributed by atoms with E-state index in [4.69, 9.17) is 14.2 Å². The van der Waals surface area contributed by atoms with Crippen molar-refractivity contribution < 1.29 is 37.8 Å². The highest BCUT2D eigenvalue weighted by Crippen LogP contribution is 2.46. The first-order valence-corrected chi connectivity index (χ1v) is 21.6. The van der Waals surface area contributed by atoms with Crippen molar-refractivity contribution in [2.75, 3.05) is 24.5 Å². The number of carbonyl (C=O) groups excluding carboxylic acids is 4. The van der Waals surface area contributed by atoms with Crippen molar-refractivity contribution in [2.24, 2.45) is 17.8 Å². The maximum Gasteiger partial charge on any atom is 0.317 e. The van der Waals surface area contributed by atoms with E-state index in [0.717, 1.165) is 33.5 Å². The molecular formula is C48H54FNO7P+. The molecule has 58 heavy (non-hydrogen) atoms. The number of hydrogen-bond acceptors (Lipinski definition) is 7. The van der Waals surface area contributed by atoms with E-state index >= 15 is 0 Å². The molecule has 8 nitrogen and oxygen atoms in total. The van der Waals surface area contributed by atoms with E-state index in [1.54, 1.807) is 11.0 Å². The molecule has 304 valence electrons. The fourth-order valence-corrected chi connectivity index (χ4v) is 7.34. The Balaban J connectivity index is 1.56. The van der Waals surface area contributed by atoms with Crippen LogP contribution >= 0.6 is 7.55 Å². The molecule has 10 heteroatoms. The Morgan fingerprint density at radius 2 is 1.69 bits per heavy atom. The number of carbonyl (C=O) groups is 4. The minimum atomic E-state index is -0.919. The number of nitrogens with zero attached hydrogens (tertiary/aromatic N) is 1. The smallest absolute Gasteiger partial charge is 0.317 e. The van der Waals surface area contributed by atoms with Crippen LogP contribution in [0, 0.1) is 29.6 Å². The Hall–Kier alpha value is -5.42. The van der Waals surface area contributed by atoms with Crippen LogP contribution in [0.2, 0.25) is 0 Å². The van der Waals surface area contributed by atoms with Crippen molar-refractivity contribution in [1.82, 2.24) is 0 Å². The molecule has 0 saturated carbocycles. The van der Waals surface area contributed by atoms with E-state index in [2.05, 4.69) is 24.7 Å². The van der Waals surface area contributed by atoms with Crippen LogP contribution in [0.5, 0.6) is 0 Å². The second kappa shape index (κ2) is 22.5. The van der Waals surface area contributed by atoms with E-state index in [9.17, 15) is 23.6 Å². The van der Waals surface area contributed by atoms with Crippen LogP contribution < -0.4 is 4.90 Å². The van der Waals surface area contributed by atoms with Gasteiger partial charge in [0.2, 0.25) is 12.3 Å². The molecule has 0 N–H and O–H groups in total. The summed E-state index contributed by atoms with van der Waals surface area (Å²) in [7, 11) is -0.400. The lowest BCUT2D eigenvalue weighted by Gasteiger charge is -2.48. The highest BCUT2D eigenvalue weighted by molar-refractivity contribution is 7.54. The van der Waals surface area contributed by atoms with Crippen molar-refractivity contribution in [2.45, 2.75) is 72.1 Å². The molecule has 0 radical (unpaired) electrons. The minimum Gasteiger partial charge on any atom is -0.462 e. The fraction of sp³-hybridized carbons (Fsp3) is 0.354. The molecule has 0 bridgehead atoms. The van der Waals surface area contributed by atoms with Crippen molar-refractivity contribution in [3.8, 4) is 11.8 Å². The SMILES string of the molecule is C=C(F)C=CC(CC)C(CCC1C(=O)N(c2ccc(C#CCOC[P+](=C)C)cc2)C1c1ccc(C=C(C)CC(C(C)=O)C(=O)OCc2ccccc2)cc1)OC(C)=O. The average molecular weight is 807 g/mol. The van der Waals surface area contributed by atoms with Gasteiger partial charge in [0.05, 0.1) is 24.9 Å². The molecule has 1 aliphatic rings. The lowest BCUT2D eigenvalue weighted by atomic mass is 9.77. The highest BCUT2D eigenvalue weighted by atomic mass is 31.1. The van der Waals surface area contributed by atoms with Gasteiger partial charge < -0.3 is 19.1 Å². The van der Waals surface area contributed by atoms with Gasteiger partial charge in [-0.3, -0.25) is 19.2 Å². The number of allylic oxidation sites excluding steroid dienone is 3. The Morgan fingerprint density at radius 3 is 2.29 bits per heavy atom. The number of ether oxygens (including phenoxy) is 3. The molecule has 1 heterocycles. The molecule has 6 unspecified atom stereocenters. The topological polar surface area (TPSA) is 99.2 Å². The maximum atomic E-state index is 14.0. The van der Waals surface area contributed by atoms with E-state index in [-0.39, 0.29) is 36.7 Å². The number of amides is 1. The summed E-state index contributed by atoms with van der Waals surface area (Å²) in [4.78, 5) is 53.3. The van der Waals surface area contributed by atoms with Gasteiger partial charge in [0, 0.05) is 24.1 Å². The van der Waals surface area contributed by atoms with Crippen LogP contribution in [0.15, 0.2) is 109 Å². The number of β-lactam (4-membered cyclic amide) rings is 1. The molecule has 1 saturated heterocycles. The summed E-state index contributed by atoms with van der Waals surface area (Å²) in [5.41, 5.74) is 4.98. The summed E-state index contributed by atoms with van der Waals surface area (Å²) >= 11 is 0. The van der Waals surface area contributed by atoms with E-state index in [0.29, 0.717) is 32.2 Å². The van der Waals surface area contributed by atoms with Crippen molar-refractivity contribution >= 4 is 49.2 Å². The van der Waals surface area contributed by atoms with Crippen LogP contribution in [0.25, 0.3) is 6.08 Å². The van der Waals surface area contributed by atoms with Gasteiger partial charge in [0.25, 0.3) is 0 Å². The highest BCUT2D eigenvalue weighted by Gasteiger charge is 2.48. The van der Waals surface area contributed by atoms with E-state index < -0.39 is 43.3 Å². The number of anilines is 1. The first-order valence-electron chi connectivity index (χ1n) is 19.5. The normalized spacial score (nSPS) is 17.0. The summed E-state index contributed by atoms with van der Waals surface area (Å²) in [6.07, 6.45) is 10.6. The number of benzene rings is 3. The third kappa shape index (κ3) is 13.6. The fourth-order valence-electron chi connectivity index (χ4n) is 6.94. The third-order valence-electron chi connectivity index (χ3n) is 9.85. The van der Waals surface area contributed by atoms with Gasteiger partial charge in [-0.1, -0.05) is 97.7 Å². The second-order valence-corrected chi connectivity index (χ2v) is 16.6. The van der Waals surface area contributed by atoms with Gasteiger partial charge in [0.1, 0.15) is 44.4 Å². The zero-order valence-corrected chi connectivity index (χ0v) is 35.0. The summed E-state index contributed by atoms with van der Waals surface area (Å²) in [6.45, 7) is 12.3. The first kappa shape index (κ1) is 45.3. The van der Waals surface area contributed by atoms with Gasteiger partial charge >= 0.3 is 11.9 Å². The summed E-state index contributed by atoms with van der Waals surface area (Å²) in [5.74, 6) is 2.63. The number of halogens is 1. The second-order valence-electron chi connectivity index (χ2n) is 14.7. The van der Waals surface area contributed by atoms with Gasteiger partial charge in [0.15, 0.2) is 0 Å². The van der Waals surface area contributed by atoms with E-state index in [1.807, 2.05) is 105 Å². The Kier molecular flexibility index (Phi) is 17.6. The van der Waals surface area contributed by atoms with Crippen LogP contribution in [-0.2, 0) is 40.0 Å². The average Bonchev–Trinajstić information content (AvgIpc) is 3.18. The minimum absolute atomic E-state index is 0.0574. The van der Waals surface area contributed by atoms with Crippen LogP contribution in [0.1, 0.15) is 81.7 Å². The predicted molar refractivity (Wildman–Crippen MR) is 231 cm³/mol. The molecule has 1 fully saturated rings. The zero-order valence-electron chi connectivity index (χ0n) is 34.1. The zero-order chi connectivity index (χ0) is 42.2. The molecule has 0 spiro atoms. The molecule has 0 aromatic heterocycles. The largest absolute Gasteiger partial charge is 0.462 e. The number of ketones is 1. The van der Waals surface area contributed by atoms with Crippen molar-refractivity contribution in [3.63, 3.8) is 0 Å². The molecule has 6 atom stereocenters. The third-order valence-corrected chi connectivity index (χ3v) is 10.5. The molecule has 3 aromatic rings. The molecule has 1 amide bonds. The molecule has 4 rings (SSSR count). The predicted octanol–water partition coefficient (Wildman–Crippen LogP) is 9.78. The Labute approximate surface area is 343 Å². The van der Waals surface area contributed by atoms with E-state index in [1.165, 1.54) is 19.9 Å². The lowest BCUT2D eigenvalue weighted by molar-refractivity contribution is -0.153. The number of hydrogen-bond donors (Lipinski definition) is 0. The van der Waals surface area contributed by atoms with Gasteiger partial charge in [-0.05, 0) is 86.6 Å². The van der Waals surface area contributed by atoms with Crippen LogP contribution in [-0.4, -0.2) is 55.7 Å². The summed E-state index contributed by atoms with van der Waals surface area (Å²) < 4.78 is 30.3. The number of esters is 2. The maximum absolute atomic E-state index is 14.0. The Bertz CT molecular complexity index is 2050. The van der Waals surface area contributed by atoms with Gasteiger partial charge in [-0.2, -0.15) is 0 Å². The quantitative estimate of drug-likeness (QED) is 0.0213. The molecule has 0 aliphatic carbocycles. The Morgan fingerprint density at radius 1 is 1.00 bits per heavy atom. The van der Waals surface area contributed by atoms with Crippen LogP contribution in [0.4, 0.5) is 10.1 Å². The van der Waals surface area contributed by atoms with Crippen molar-refractivity contribution in [3.05, 3.63) is 131 Å². The monoisotopic (exact) mass is 806 g/mol. The first-order chi connectivity index (χ1) is 27.8.